The van der Waals surface area contributed by atoms with Gasteiger partial charge in [0.2, 0.25) is 10.0 Å². The van der Waals surface area contributed by atoms with Crippen molar-refractivity contribution >= 4 is 15.8 Å². The van der Waals surface area contributed by atoms with Crippen LogP contribution in [0.5, 0.6) is 5.75 Å². The van der Waals surface area contributed by atoms with E-state index in [4.69, 9.17) is 4.74 Å². The number of carbonyl (C=O) groups excluding carboxylic acids is 1. The van der Waals surface area contributed by atoms with Crippen molar-refractivity contribution in [2.24, 2.45) is 0 Å². The predicted molar refractivity (Wildman–Crippen MR) is 84.6 cm³/mol. The highest BCUT2D eigenvalue weighted by Gasteiger charge is 2.38. The maximum atomic E-state index is 13.0. The minimum atomic E-state index is -3.74. The SMILES string of the molecule is CCC(=O)C1CCCCN1S(=O)(=O)c1cc(C)ccc1OC. The summed E-state index contributed by atoms with van der Waals surface area (Å²) < 4.78 is 32.7. The standard InChI is InChI=1S/C16H23NO4S/c1-4-14(18)13-7-5-6-10-17(13)22(19,20)16-11-12(2)8-9-15(16)21-3/h8-9,11,13H,4-7,10H2,1-3H3. The number of methoxy groups -OCH3 is 1. The van der Waals surface area contributed by atoms with E-state index >= 15 is 0 Å². The van der Waals surface area contributed by atoms with Crippen LogP contribution in [-0.4, -0.2) is 38.2 Å². The third kappa shape index (κ3) is 3.17. The van der Waals surface area contributed by atoms with Crippen molar-refractivity contribution in [1.29, 1.82) is 0 Å². The topological polar surface area (TPSA) is 63.7 Å². The van der Waals surface area contributed by atoms with Crippen LogP contribution in [0, 0.1) is 6.92 Å². The molecule has 1 heterocycles. The number of sulfonamides is 1. The molecule has 0 saturated carbocycles. The van der Waals surface area contributed by atoms with Crippen LogP contribution in [0.1, 0.15) is 38.2 Å². The summed E-state index contributed by atoms with van der Waals surface area (Å²) in [5.74, 6) is 0.300. The Balaban J connectivity index is 2.48. The Morgan fingerprint density at radius 1 is 1.36 bits per heavy atom. The van der Waals surface area contributed by atoms with E-state index in [0.717, 1.165) is 18.4 Å². The van der Waals surface area contributed by atoms with E-state index in [2.05, 4.69) is 0 Å². The molecule has 1 fully saturated rings. The first-order chi connectivity index (χ1) is 10.4. The normalized spacial score (nSPS) is 19.9. The van der Waals surface area contributed by atoms with E-state index in [1.54, 1.807) is 19.1 Å². The van der Waals surface area contributed by atoms with Crippen LogP contribution < -0.4 is 4.74 Å². The van der Waals surface area contributed by atoms with Gasteiger partial charge in [0.1, 0.15) is 10.6 Å². The first kappa shape index (κ1) is 17.0. The molecule has 1 aliphatic heterocycles. The van der Waals surface area contributed by atoms with Crippen LogP contribution in [0.2, 0.25) is 0 Å². The number of ketones is 1. The fraction of sp³-hybridized carbons (Fsp3) is 0.562. The van der Waals surface area contributed by atoms with E-state index in [1.165, 1.54) is 11.4 Å². The molecule has 6 heteroatoms. The van der Waals surface area contributed by atoms with E-state index in [9.17, 15) is 13.2 Å². The fourth-order valence-corrected chi connectivity index (χ4v) is 4.78. The van der Waals surface area contributed by atoms with E-state index in [1.807, 2.05) is 13.0 Å². The molecule has 5 nitrogen and oxygen atoms in total. The van der Waals surface area contributed by atoms with Crippen LogP contribution in [-0.2, 0) is 14.8 Å². The highest BCUT2D eigenvalue weighted by Crippen LogP contribution is 2.32. The van der Waals surface area contributed by atoms with Crippen LogP contribution in [0.3, 0.4) is 0 Å². The Bertz CT molecular complexity index is 654. The lowest BCUT2D eigenvalue weighted by Gasteiger charge is -2.33. The van der Waals surface area contributed by atoms with Crippen LogP contribution in [0.25, 0.3) is 0 Å². The monoisotopic (exact) mass is 325 g/mol. The number of hydrogen-bond donors (Lipinski definition) is 0. The number of carbonyl (C=O) groups is 1. The van der Waals surface area contributed by atoms with Crippen molar-refractivity contribution in [2.75, 3.05) is 13.7 Å². The number of ether oxygens (including phenoxy) is 1. The number of rotatable bonds is 5. The Hall–Kier alpha value is -1.40. The van der Waals surface area contributed by atoms with Gasteiger partial charge in [0.05, 0.1) is 13.2 Å². The molecule has 1 atom stereocenters. The number of benzene rings is 1. The van der Waals surface area contributed by atoms with Crippen molar-refractivity contribution in [2.45, 2.75) is 50.5 Å². The largest absolute Gasteiger partial charge is 0.495 e. The van der Waals surface area contributed by atoms with Crippen molar-refractivity contribution in [1.82, 2.24) is 4.31 Å². The molecule has 1 saturated heterocycles. The molecule has 1 unspecified atom stereocenters. The molecule has 2 rings (SSSR count). The van der Waals surface area contributed by atoms with E-state index < -0.39 is 16.1 Å². The Morgan fingerprint density at radius 3 is 2.73 bits per heavy atom. The predicted octanol–water partition coefficient (Wildman–Crippen LogP) is 2.53. The number of aryl methyl sites for hydroxylation is 1. The quantitative estimate of drug-likeness (QED) is 0.834. The second-order valence-electron chi connectivity index (χ2n) is 5.60. The molecule has 0 N–H and O–H groups in total. The van der Waals surface area contributed by atoms with Gasteiger partial charge in [0.15, 0.2) is 5.78 Å². The minimum Gasteiger partial charge on any atom is -0.495 e. The average Bonchev–Trinajstić information content (AvgIpc) is 2.54. The third-order valence-electron chi connectivity index (χ3n) is 4.08. The van der Waals surface area contributed by atoms with Crippen molar-refractivity contribution < 1.29 is 17.9 Å². The van der Waals surface area contributed by atoms with Gasteiger partial charge in [-0.3, -0.25) is 4.79 Å². The van der Waals surface area contributed by atoms with Crippen LogP contribution >= 0.6 is 0 Å². The summed E-state index contributed by atoms with van der Waals surface area (Å²) >= 11 is 0. The van der Waals surface area contributed by atoms with Crippen molar-refractivity contribution in [3.63, 3.8) is 0 Å². The molecular weight excluding hydrogens is 302 g/mol. The van der Waals surface area contributed by atoms with Crippen LogP contribution in [0.15, 0.2) is 23.1 Å². The highest BCUT2D eigenvalue weighted by molar-refractivity contribution is 7.89. The Labute approximate surface area is 132 Å². The molecule has 0 aliphatic carbocycles. The summed E-state index contributed by atoms with van der Waals surface area (Å²) in [7, 11) is -2.29. The maximum Gasteiger partial charge on any atom is 0.247 e. The zero-order valence-corrected chi connectivity index (χ0v) is 14.1. The molecule has 1 aliphatic rings. The van der Waals surface area contributed by atoms with Gasteiger partial charge in [-0.2, -0.15) is 4.31 Å². The molecule has 0 aromatic heterocycles. The Kier molecular flexibility index (Phi) is 5.24. The van der Waals surface area contributed by atoms with Gasteiger partial charge in [-0.1, -0.05) is 19.4 Å². The molecule has 0 radical (unpaired) electrons. The lowest BCUT2D eigenvalue weighted by atomic mass is 10.00. The first-order valence-electron chi connectivity index (χ1n) is 7.61. The van der Waals surface area contributed by atoms with Gasteiger partial charge >= 0.3 is 0 Å². The lowest BCUT2D eigenvalue weighted by Crippen LogP contribution is -2.47. The molecule has 1 aromatic carbocycles. The molecule has 0 amide bonds. The molecule has 22 heavy (non-hydrogen) atoms. The fourth-order valence-electron chi connectivity index (χ4n) is 2.86. The van der Waals surface area contributed by atoms with E-state index in [0.29, 0.717) is 25.1 Å². The number of Topliss-reactive ketones (excluding diaryl/α,β-unsaturated/α-hetero) is 1. The molecule has 0 bridgehead atoms. The Morgan fingerprint density at radius 2 is 2.09 bits per heavy atom. The zero-order valence-electron chi connectivity index (χ0n) is 13.3. The lowest BCUT2D eigenvalue weighted by molar-refractivity contribution is -0.123. The smallest absolute Gasteiger partial charge is 0.247 e. The second-order valence-corrected chi connectivity index (χ2v) is 7.46. The highest BCUT2D eigenvalue weighted by atomic mass is 32.2. The summed E-state index contributed by atoms with van der Waals surface area (Å²) in [5, 5.41) is 0. The maximum absolute atomic E-state index is 13.0. The van der Waals surface area contributed by atoms with Gasteiger partial charge in [-0.05, 0) is 37.5 Å². The minimum absolute atomic E-state index is 0.0186. The molecule has 1 aromatic rings. The van der Waals surface area contributed by atoms with Crippen molar-refractivity contribution in [3.05, 3.63) is 23.8 Å². The van der Waals surface area contributed by atoms with Crippen molar-refractivity contribution in [3.8, 4) is 5.75 Å². The van der Waals surface area contributed by atoms with Gasteiger partial charge in [0, 0.05) is 13.0 Å². The number of piperidine rings is 1. The summed E-state index contributed by atoms with van der Waals surface area (Å²) in [5.41, 5.74) is 0.842. The zero-order chi connectivity index (χ0) is 16.3. The van der Waals surface area contributed by atoms with Crippen LogP contribution in [0.4, 0.5) is 0 Å². The molecular formula is C16H23NO4S. The van der Waals surface area contributed by atoms with Gasteiger partial charge in [-0.15, -0.1) is 0 Å². The third-order valence-corrected chi connectivity index (χ3v) is 6.01. The molecule has 0 spiro atoms. The summed E-state index contributed by atoms with van der Waals surface area (Å²) in [4.78, 5) is 12.3. The summed E-state index contributed by atoms with van der Waals surface area (Å²) in [6.45, 7) is 3.99. The summed E-state index contributed by atoms with van der Waals surface area (Å²) in [6, 6.07) is 4.52. The van der Waals surface area contributed by atoms with Gasteiger partial charge in [-0.25, -0.2) is 8.42 Å². The second kappa shape index (κ2) is 6.79. The first-order valence-corrected chi connectivity index (χ1v) is 9.05. The average molecular weight is 325 g/mol. The number of nitrogens with zero attached hydrogens (tertiary/aromatic N) is 1. The van der Waals surface area contributed by atoms with Gasteiger partial charge < -0.3 is 4.74 Å². The van der Waals surface area contributed by atoms with E-state index in [-0.39, 0.29) is 10.7 Å². The summed E-state index contributed by atoms with van der Waals surface area (Å²) in [6.07, 6.45) is 2.61. The molecule has 122 valence electrons. The number of hydrogen-bond acceptors (Lipinski definition) is 4. The van der Waals surface area contributed by atoms with Gasteiger partial charge in [0.25, 0.3) is 0 Å².